The molecule has 0 amide bonds. The summed E-state index contributed by atoms with van der Waals surface area (Å²) in [5.74, 6) is 0.728. The van der Waals surface area contributed by atoms with Gasteiger partial charge in [0.05, 0.1) is 0 Å². The smallest absolute Gasteiger partial charge is 0.0377 e. The fourth-order valence-corrected chi connectivity index (χ4v) is 2.67. The Morgan fingerprint density at radius 3 is 2.38 bits per heavy atom. The van der Waals surface area contributed by atoms with Gasteiger partial charge in [-0.25, -0.2) is 0 Å². The highest BCUT2D eigenvalue weighted by atomic mass is 79.9. The van der Waals surface area contributed by atoms with Crippen molar-refractivity contribution in [2.75, 3.05) is 18.0 Å². The van der Waals surface area contributed by atoms with Gasteiger partial charge < -0.3 is 10.2 Å². The van der Waals surface area contributed by atoms with Crippen LogP contribution in [0.25, 0.3) is 0 Å². The Balaban J connectivity index is 2.80. The Bertz CT molecular complexity index is 437. The van der Waals surface area contributed by atoms with Crippen LogP contribution in [0.15, 0.2) is 22.7 Å². The Hall–Kier alpha value is -0.540. The van der Waals surface area contributed by atoms with E-state index in [0.717, 1.165) is 25.6 Å². The fraction of sp³-hybridized carbons (Fsp3) is 0.667. The molecule has 0 radical (unpaired) electrons. The van der Waals surface area contributed by atoms with Crippen molar-refractivity contribution in [2.45, 2.75) is 60.0 Å². The topological polar surface area (TPSA) is 15.3 Å². The number of halogens is 1. The normalized spacial score (nSPS) is 13.3. The minimum atomic E-state index is 0.143. The van der Waals surface area contributed by atoms with Gasteiger partial charge in [0, 0.05) is 35.3 Å². The average Bonchev–Trinajstić information content (AvgIpc) is 2.42. The van der Waals surface area contributed by atoms with Gasteiger partial charge in [-0.15, -0.1) is 0 Å². The molecule has 0 aromatic heterocycles. The maximum absolute atomic E-state index is 3.73. The first-order chi connectivity index (χ1) is 9.76. The second kappa shape index (κ2) is 8.19. The standard InChI is InChI=1S/C18H31BrN2/c1-7-14(3)13-21(8-2)16-10-9-15(17(19)11-16)12-20-18(4,5)6/h9-11,14,20H,7-8,12-13H2,1-6H3. The molecule has 2 nitrogen and oxygen atoms in total. The maximum atomic E-state index is 3.73. The lowest BCUT2D eigenvalue weighted by atomic mass is 10.1. The van der Waals surface area contributed by atoms with Gasteiger partial charge in [0.25, 0.3) is 0 Å². The number of benzene rings is 1. The van der Waals surface area contributed by atoms with Crippen molar-refractivity contribution in [2.24, 2.45) is 5.92 Å². The summed E-state index contributed by atoms with van der Waals surface area (Å²) in [5.41, 5.74) is 2.77. The zero-order valence-electron chi connectivity index (χ0n) is 14.5. The molecule has 21 heavy (non-hydrogen) atoms. The third-order valence-electron chi connectivity index (χ3n) is 3.82. The number of anilines is 1. The molecule has 0 bridgehead atoms. The highest BCUT2D eigenvalue weighted by Crippen LogP contribution is 2.25. The lowest BCUT2D eigenvalue weighted by Crippen LogP contribution is -2.35. The van der Waals surface area contributed by atoms with Crippen molar-refractivity contribution in [3.8, 4) is 0 Å². The van der Waals surface area contributed by atoms with Crippen LogP contribution in [-0.4, -0.2) is 18.6 Å². The second-order valence-electron chi connectivity index (χ2n) is 6.93. The van der Waals surface area contributed by atoms with E-state index in [1.165, 1.54) is 22.1 Å². The van der Waals surface area contributed by atoms with Crippen molar-refractivity contribution in [3.05, 3.63) is 28.2 Å². The summed E-state index contributed by atoms with van der Waals surface area (Å²) in [4.78, 5) is 2.46. The molecule has 0 saturated heterocycles. The lowest BCUT2D eigenvalue weighted by molar-refractivity contribution is 0.424. The first-order valence-corrected chi connectivity index (χ1v) is 8.84. The Morgan fingerprint density at radius 2 is 1.90 bits per heavy atom. The van der Waals surface area contributed by atoms with E-state index >= 15 is 0 Å². The Kier molecular flexibility index (Phi) is 7.22. The molecule has 120 valence electrons. The number of nitrogens with zero attached hydrogens (tertiary/aromatic N) is 1. The van der Waals surface area contributed by atoms with Gasteiger partial charge in [-0.3, -0.25) is 0 Å². The van der Waals surface area contributed by atoms with Gasteiger partial charge in [-0.2, -0.15) is 0 Å². The van der Waals surface area contributed by atoms with Crippen molar-refractivity contribution in [1.29, 1.82) is 0 Å². The molecular formula is C18H31BrN2. The molecule has 0 aliphatic rings. The number of hydrogen-bond donors (Lipinski definition) is 1. The number of nitrogens with one attached hydrogen (secondary N) is 1. The highest BCUT2D eigenvalue weighted by Gasteiger charge is 2.12. The number of rotatable bonds is 7. The molecule has 0 saturated carbocycles. The summed E-state index contributed by atoms with van der Waals surface area (Å²) in [6, 6.07) is 6.74. The quantitative estimate of drug-likeness (QED) is 0.722. The van der Waals surface area contributed by atoms with Crippen LogP contribution < -0.4 is 10.2 Å². The Morgan fingerprint density at radius 1 is 1.24 bits per heavy atom. The summed E-state index contributed by atoms with van der Waals surface area (Å²) in [7, 11) is 0. The van der Waals surface area contributed by atoms with E-state index in [-0.39, 0.29) is 5.54 Å². The van der Waals surface area contributed by atoms with Gasteiger partial charge in [0.2, 0.25) is 0 Å². The van der Waals surface area contributed by atoms with E-state index in [2.05, 4.69) is 85.9 Å². The third kappa shape index (κ3) is 6.39. The van der Waals surface area contributed by atoms with Crippen LogP contribution >= 0.6 is 15.9 Å². The van der Waals surface area contributed by atoms with E-state index in [1.54, 1.807) is 0 Å². The van der Waals surface area contributed by atoms with Gasteiger partial charge in [0.15, 0.2) is 0 Å². The molecular weight excluding hydrogens is 324 g/mol. The van der Waals surface area contributed by atoms with Crippen molar-refractivity contribution in [3.63, 3.8) is 0 Å². The van der Waals surface area contributed by atoms with Crippen LogP contribution in [0.3, 0.4) is 0 Å². The van der Waals surface area contributed by atoms with Crippen molar-refractivity contribution in [1.82, 2.24) is 5.32 Å². The van der Waals surface area contributed by atoms with Crippen molar-refractivity contribution < 1.29 is 0 Å². The molecule has 1 atom stereocenters. The molecule has 3 heteroatoms. The van der Waals surface area contributed by atoms with Crippen LogP contribution in [-0.2, 0) is 6.54 Å². The average molecular weight is 355 g/mol. The van der Waals surface area contributed by atoms with E-state index in [1.807, 2.05) is 0 Å². The van der Waals surface area contributed by atoms with Crippen LogP contribution in [0.5, 0.6) is 0 Å². The van der Waals surface area contributed by atoms with Gasteiger partial charge >= 0.3 is 0 Å². The molecule has 0 heterocycles. The molecule has 0 fully saturated rings. The van der Waals surface area contributed by atoms with Gasteiger partial charge in [-0.05, 0) is 51.3 Å². The van der Waals surface area contributed by atoms with Crippen molar-refractivity contribution >= 4 is 21.6 Å². The summed E-state index contributed by atoms with van der Waals surface area (Å²) in [6.07, 6.45) is 1.23. The fourth-order valence-electron chi connectivity index (χ4n) is 2.16. The van der Waals surface area contributed by atoms with Crippen LogP contribution in [0, 0.1) is 5.92 Å². The van der Waals surface area contributed by atoms with Crippen LogP contribution in [0.1, 0.15) is 53.5 Å². The first-order valence-electron chi connectivity index (χ1n) is 8.05. The van der Waals surface area contributed by atoms with E-state index in [0.29, 0.717) is 0 Å². The van der Waals surface area contributed by atoms with E-state index in [9.17, 15) is 0 Å². The largest absolute Gasteiger partial charge is 0.372 e. The molecule has 1 unspecified atom stereocenters. The van der Waals surface area contributed by atoms with Crippen LogP contribution in [0.4, 0.5) is 5.69 Å². The minimum Gasteiger partial charge on any atom is -0.372 e. The van der Waals surface area contributed by atoms with E-state index in [4.69, 9.17) is 0 Å². The lowest BCUT2D eigenvalue weighted by Gasteiger charge is -2.27. The third-order valence-corrected chi connectivity index (χ3v) is 4.56. The first kappa shape index (κ1) is 18.5. The van der Waals surface area contributed by atoms with Crippen LogP contribution in [0.2, 0.25) is 0 Å². The molecule has 0 spiro atoms. The summed E-state index contributed by atoms with van der Waals surface area (Å²) >= 11 is 3.73. The minimum absolute atomic E-state index is 0.143. The maximum Gasteiger partial charge on any atom is 0.0377 e. The molecule has 0 aliphatic carbocycles. The summed E-state index contributed by atoms with van der Waals surface area (Å²) < 4.78 is 1.19. The second-order valence-corrected chi connectivity index (χ2v) is 7.79. The zero-order chi connectivity index (χ0) is 16.0. The Labute approximate surface area is 139 Å². The number of hydrogen-bond acceptors (Lipinski definition) is 2. The zero-order valence-corrected chi connectivity index (χ0v) is 16.0. The van der Waals surface area contributed by atoms with Gasteiger partial charge in [0.1, 0.15) is 0 Å². The molecule has 1 N–H and O–H groups in total. The molecule has 1 rings (SSSR count). The molecule has 0 aliphatic heterocycles. The summed E-state index contributed by atoms with van der Waals surface area (Å²) in [6.45, 7) is 16.5. The SMILES string of the molecule is CCC(C)CN(CC)c1ccc(CNC(C)(C)C)c(Br)c1. The highest BCUT2D eigenvalue weighted by molar-refractivity contribution is 9.10. The summed E-state index contributed by atoms with van der Waals surface area (Å²) in [5, 5.41) is 3.54. The predicted molar refractivity (Wildman–Crippen MR) is 98.1 cm³/mol. The predicted octanol–water partition coefficient (Wildman–Crippen LogP) is 5.21. The van der Waals surface area contributed by atoms with Gasteiger partial charge in [-0.1, -0.05) is 42.3 Å². The van der Waals surface area contributed by atoms with E-state index < -0.39 is 0 Å². The monoisotopic (exact) mass is 354 g/mol. The molecule has 1 aromatic rings. The molecule has 1 aromatic carbocycles.